The van der Waals surface area contributed by atoms with E-state index in [9.17, 15) is 14.0 Å². The van der Waals surface area contributed by atoms with E-state index in [2.05, 4.69) is 5.32 Å². The summed E-state index contributed by atoms with van der Waals surface area (Å²) in [7, 11) is 0. The lowest BCUT2D eigenvalue weighted by atomic mass is 10.1. The Morgan fingerprint density at radius 1 is 1.42 bits per heavy atom. The van der Waals surface area contributed by atoms with Gasteiger partial charge in [0.15, 0.2) is 0 Å². The zero-order valence-electron chi connectivity index (χ0n) is 10.6. The molecule has 1 aromatic rings. The van der Waals surface area contributed by atoms with Crippen molar-refractivity contribution in [2.75, 3.05) is 12.3 Å². The van der Waals surface area contributed by atoms with Gasteiger partial charge in [-0.05, 0) is 18.6 Å². The summed E-state index contributed by atoms with van der Waals surface area (Å²) >= 11 is 1.12. The van der Waals surface area contributed by atoms with Gasteiger partial charge in [0.1, 0.15) is 5.82 Å². The van der Waals surface area contributed by atoms with Crippen molar-refractivity contribution in [3.05, 3.63) is 30.1 Å². The molecule has 104 valence electrons. The molecule has 2 N–H and O–H groups in total. The summed E-state index contributed by atoms with van der Waals surface area (Å²) in [6.45, 7) is 1.90. The first-order valence-corrected chi connectivity index (χ1v) is 6.86. The van der Waals surface area contributed by atoms with Gasteiger partial charge in [0.25, 0.3) is 0 Å². The van der Waals surface area contributed by atoms with E-state index in [-0.39, 0.29) is 17.5 Å². The second-order valence-electron chi connectivity index (χ2n) is 4.10. The van der Waals surface area contributed by atoms with E-state index < -0.39 is 11.9 Å². The minimum Gasteiger partial charge on any atom is -0.481 e. The minimum absolute atomic E-state index is 0.113. The lowest BCUT2D eigenvalue weighted by Crippen LogP contribution is -2.28. The Kier molecular flexibility index (Phi) is 6.35. The van der Waals surface area contributed by atoms with Crippen LogP contribution in [0.3, 0.4) is 0 Å². The highest BCUT2D eigenvalue weighted by atomic mass is 32.2. The summed E-state index contributed by atoms with van der Waals surface area (Å²) in [6, 6.07) is 6.25. The van der Waals surface area contributed by atoms with Crippen LogP contribution in [0.25, 0.3) is 0 Å². The van der Waals surface area contributed by atoms with E-state index in [1.807, 2.05) is 0 Å². The predicted molar refractivity (Wildman–Crippen MR) is 71.6 cm³/mol. The zero-order valence-corrected chi connectivity index (χ0v) is 11.4. The Morgan fingerprint density at radius 3 is 2.74 bits per heavy atom. The highest BCUT2D eigenvalue weighted by Gasteiger charge is 2.11. The molecule has 0 bridgehead atoms. The smallest absolute Gasteiger partial charge is 0.306 e. The van der Waals surface area contributed by atoms with Crippen LogP contribution in [0.1, 0.15) is 13.3 Å². The van der Waals surface area contributed by atoms with E-state index in [1.54, 1.807) is 25.1 Å². The third kappa shape index (κ3) is 5.74. The third-order valence-electron chi connectivity index (χ3n) is 2.52. The average molecular weight is 285 g/mol. The molecule has 4 nitrogen and oxygen atoms in total. The van der Waals surface area contributed by atoms with Crippen LogP contribution in [0.2, 0.25) is 0 Å². The van der Waals surface area contributed by atoms with Gasteiger partial charge in [0, 0.05) is 11.4 Å². The third-order valence-corrected chi connectivity index (χ3v) is 3.57. The lowest BCUT2D eigenvalue weighted by molar-refractivity contribution is -0.141. The number of carbonyl (C=O) groups is 2. The lowest BCUT2D eigenvalue weighted by Gasteiger charge is -2.08. The Labute approximate surface area is 115 Å². The maximum absolute atomic E-state index is 13.3. The van der Waals surface area contributed by atoms with Crippen molar-refractivity contribution < 1.29 is 19.1 Å². The Balaban J connectivity index is 2.25. The second-order valence-corrected chi connectivity index (χ2v) is 5.11. The van der Waals surface area contributed by atoms with Crippen LogP contribution in [-0.2, 0) is 9.59 Å². The van der Waals surface area contributed by atoms with E-state index in [1.165, 1.54) is 6.07 Å². The molecule has 6 heteroatoms. The molecule has 19 heavy (non-hydrogen) atoms. The van der Waals surface area contributed by atoms with Gasteiger partial charge < -0.3 is 10.4 Å². The number of hydrogen-bond donors (Lipinski definition) is 2. The highest BCUT2D eigenvalue weighted by Crippen LogP contribution is 2.20. The molecule has 0 radical (unpaired) electrons. The molecule has 0 heterocycles. The summed E-state index contributed by atoms with van der Waals surface area (Å²) < 4.78 is 13.3. The second kappa shape index (κ2) is 7.78. The molecule has 1 aromatic carbocycles. The maximum atomic E-state index is 13.3. The molecule has 0 spiro atoms. The summed E-state index contributed by atoms with van der Waals surface area (Å²) in [5.74, 6) is -1.83. The van der Waals surface area contributed by atoms with Crippen molar-refractivity contribution in [2.24, 2.45) is 5.92 Å². The Bertz CT molecular complexity index is 453. The summed E-state index contributed by atoms with van der Waals surface area (Å²) in [5, 5.41) is 11.3. The fraction of sp³-hybridized carbons (Fsp3) is 0.385. The molecule has 0 fully saturated rings. The summed E-state index contributed by atoms with van der Waals surface area (Å²) in [5.41, 5.74) is 0. The maximum Gasteiger partial charge on any atom is 0.306 e. The van der Waals surface area contributed by atoms with E-state index in [0.29, 0.717) is 17.9 Å². The number of nitrogens with one attached hydrogen (secondary N) is 1. The number of rotatable bonds is 7. The largest absolute Gasteiger partial charge is 0.481 e. The van der Waals surface area contributed by atoms with Crippen LogP contribution in [0, 0.1) is 11.7 Å². The first kappa shape index (κ1) is 15.5. The number of hydrogen-bond acceptors (Lipinski definition) is 3. The molecule has 1 atom stereocenters. The molecule has 0 aliphatic heterocycles. The summed E-state index contributed by atoms with van der Waals surface area (Å²) in [6.07, 6.45) is 0.380. The normalized spacial score (nSPS) is 11.9. The molecule has 0 saturated heterocycles. The number of aliphatic carboxylic acids is 1. The van der Waals surface area contributed by atoms with Gasteiger partial charge in [-0.2, -0.15) is 0 Å². The van der Waals surface area contributed by atoms with E-state index >= 15 is 0 Å². The molecule has 0 aromatic heterocycles. The molecule has 1 rings (SSSR count). The van der Waals surface area contributed by atoms with E-state index in [4.69, 9.17) is 5.11 Å². The van der Waals surface area contributed by atoms with Gasteiger partial charge in [0.05, 0.1) is 11.7 Å². The summed E-state index contributed by atoms with van der Waals surface area (Å²) in [4.78, 5) is 22.5. The van der Waals surface area contributed by atoms with Crippen LogP contribution < -0.4 is 5.32 Å². The minimum atomic E-state index is -0.880. The topological polar surface area (TPSA) is 66.4 Å². The standard InChI is InChI=1S/C13H16FNO3S/c1-9(13(17)18)6-7-15-12(16)8-19-11-5-3-2-4-10(11)14/h2-5,9H,6-8H2,1H3,(H,15,16)(H,17,18). The van der Waals surface area contributed by atoms with Crippen molar-refractivity contribution in [2.45, 2.75) is 18.2 Å². The van der Waals surface area contributed by atoms with Gasteiger partial charge in [-0.15, -0.1) is 11.8 Å². The molecule has 0 saturated carbocycles. The van der Waals surface area contributed by atoms with Crippen LogP contribution in [-0.4, -0.2) is 29.3 Å². The number of carbonyl (C=O) groups excluding carboxylic acids is 1. The fourth-order valence-corrected chi connectivity index (χ4v) is 2.08. The van der Waals surface area contributed by atoms with Crippen molar-refractivity contribution in [3.63, 3.8) is 0 Å². The van der Waals surface area contributed by atoms with Crippen LogP contribution >= 0.6 is 11.8 Å². The first-order chi connectivity index (χ1) is 9.00. The van der Waals surface area contributed by atoms with Crippen molar-refractivity contribution in [1.82, 2.24) is 5.32 Å². The van der Waals surface area contributed by atoms with Gasteiger partial charge in [-0.25, -0.2) is 4.39 Å². The van der Waals surface area contributed by atoms with E-state index in [0.717, 1.165) is 11.8 Å². The van der Waals surface area contributed by atoms with Crippen molar-refractivity contribution in [3.8, 4) is 0 Å². The fourth-order valence-electron chi connectivity index (χ4n) is 1.31. The number of amides is 1. The Morgan fingerprint density at radius 2 is 2.11 bits per heavy atom. The molecular weight excluding hydrogens is 269 g/mol. The monoisotopic (exact) mass is 285 g/mol. The molecule has 1 unspecified atom stereocenters. The van der Waals surface area contributed by atoms with Gasteiger partial charge in [-0.1, -0.05) is 19.1 Å². The molecule has 0 aliphatic carbocycles. The number of carboxylic acids is 1. The van der Waals surface area contributed by atoms with Crippen molar-refractivity contribution in [1.29, 1.82) is 0 Å². The van der Waals surface area contributed by atoms with Crippen LogP contribution in [0.15, 0.2) is 29.2 Å². The van der Waals surface area contributed by atoms with Gasteiger partial charge in [0.2, 0.25) is 5.91 Å². The Hall–Kier alpha value is -1.56. The molecular formula is C13H16FNO3S. The zero-order chi connectivity index (χ0) is 14.3. The SMILES string of the molecule is CC(CCNC(=O)CSc1ccccc1F)C(=O)O. The highest BCUT2D eigenvalue weighted by molar-refractivity contribution is 8.00. The molecule has 0 aliphatic rings. The molecule has 1 amide bonds. The van der Waals surface area contributed by atoms with Gasteiger partial charge in [-0.3, -0.25) is 9.59 Å². The van der Waals surface area contributed by atoms with Crippen LogP contribution in [0.5, 0.6) is 0 Å². The predicted octanol–water partition coefficient (Wildman–Crippen LogP) is 2.14. The number of halogens is 1. The van der Waals surface area contributed by atoms with Gasteiger partial charge >= 0.3 is 5.97 Å². The van der Waals surface area contributed by atoms with Crippen LogP contribution in [0.4, 0.5) is 4.39 Å². The average Bonchev–Trinajstić information content (AvgIpc) is 2.37. The number of thioether (sulfide) groups is 1. The van der Waals surface area contributed by atoms with Crippen molar-refractivity contribution >= 4 is 23.6 Å². The number of carboxylic acid groups (broad SMARTS) is 1. The first-order valence-electron chi connectivity index (χ1n) is 5.87. The number of benzene rings is 1. The quantitative estimate of drug-likeness (QED) is 0.753.